The normalized spacial score (nSPS) is 18.0. The van der Waals surface area contributed by atoms with Crippen LogP contribution in [0.1, 0.15) is 39.7 Å². The van der Waals surface area contributed by atoms with Crippen LogP contribution in [0.3, 0.4) is 0 Å². The first kappa shape index (κ1) is 15.2. The van der Waals surface area contributed by atoms with Crippen molar-refractivity contribution >= 4 is 33.1 Å². The van der Waals surface area contributed by atoms with Crippen LogP contribution in [0, 0.1) is 6.92 Å². The summed E-state index contributed by atoms with van der Waals surface area (Å²) in [7, 11) is 0. The van der Waals surface area contributed by atoms with Crippen LogP contribution >= 0.6 is 11.3 Å². The maximum absolute atomic E-state index is 12.8. The van der Waals surface area contributed by atoms with Crippen molar-refractivity contribution in [3.05, 3.63) is 22.1 Å². The molecule has 1 amide bonds. The quantitative estimate of drug-likeness (QED) is 0.666. The van der Waals surface area contributed by atoms with Crippen molar-refractivity contribution in [3.8, 4) is 0 Å². The van der Waals surface area contributed by atoms with Gasteiger partial charge < -0.3 is 9.64 Å². The molecule has 130 valence electrons. The molecule has 1 fully saturated rings. The number of carbonyl (C=O) groups is 1. The minimum atomic E-state index is -0.122. The molecule has 8 heteroatoms. The van der Waals surface area contributed by atoms with Crippen LogP contribution in [0.4, 0.5) is 0 Å². The summed E-state index contributed by atoms with van der Waals surface area (Å²) in [6.45, 7) is 4.25. The third-order valence-electron chi connectivity index (χ3n) is 5.04. The largest absolute Gasteiger partial charge is 0.378 e. The number of thiophene rings is 1. The zero-order valence-corrected chi connectivity index (χ0v) is 14.9. The number of rotatable bonds is 1. The van der Waals surface area contributed by atoms with Crippen molar-refractivity contribution in [2.24, 2.45) is 0 Å². The molecule has 25 heavy (non-hydrogen) atoms. The average molecular weight is 357 g/mol. The van der Waals surface area contributed by atoms with Gasteiger partial charge in [0.15, 0.2) is 5.65 Å². The Hall–Kier alpha value is -2.06. The SMILES string of the molecule is Cc1nc2sc3c(c2c2nc(C(=O)N4CCOCC4)nn12)CCCC3. The lowest BCUT2D eigenvalue weighted by atomic mass is 9.97. The fraction of sp³-hybridized carbons (Fsp3) is 0.529. The Balaban J connectivity index is 1.67. The molecule has 0 radical (unpaired) electrons. The summed E-state index contributed by atoms with van der Waals surface area (Å²) >= 11 is 1.77. The van der Waals surface area contributed by atoms with Gasteiger partial charge in [0.05, 0.1) is 18.6 Å². The predicted octanol–water partition coefficient (Wildman–Crippen LogP) is 2.00. The van der Waals surface area contributed by atoms with Crippen LogP contribution in [0.2, 0.25) is 0 Å². The predicted molar refractivity (Wildman–Crippen MR) is 94.3 cm³/mol. The van der Waals surface area contributed by atoms with Crippen LogP contribution in [0.15, 0.2) is 0 Å². The number of hydrogen-bond acceptors (Lipinski definition) is 6. The van der Waals surface area contributed by atoms with Crippen molar-refractivity contribution in [2.45, 2.75) is 32.6 Å². The molecule has 0 bridgehead atoms. The average Bonchev–Trinajstić information content (AvgIpc) is 3.23. The van der Waals surface area contributed by atoms with E-state index >= 15 is 0 Å². The number of ether oxygens (including phenoxy) is 1. The number of hydrogen-bond donors (Lipinski definition) is 0. The lowest BCUT2D eigenvalue weighted by Gasteiger charge is -2.25. The zero-order valence-electron chi connectivity index (χ0n) is 14.1. The Morgan fingerprint density at radius 1 is 1.16 bits per heavy atom. The van der Waals surface area contributed by atoms with E-state index in [1.807, 2.05) is 6.92 Å². The van der Waals surface area contributed by atoms with Gasteiger partial charge in [-0.05, 0) is 38.2 Å². The van der Waals surface area contributed by atoms with E-state index in [0.29, 0.717) is 26.3 Å². The van der Waals surface area contributed by atoms with Gasteiger partial charge in [0, 0.05) is 18.0 Å². The molecular weight excluding hydrogens is 338 g/mol. The summed E-state index contributed by atoms with van der Waals surface area (Å²) in [5, 5.41) is 5.58. The third kappa shape index (κ3) is 2.35. The van der Waals surface area contributed by atoms with Gasteiger partial charge in [-0.1, -0.05) is 0 Å². The van der Waals surface area contributed by atoms with Crippen LogP contribution in [0.5, 0.6) is 0 Å². The van der Waals surface area contributed by atoms with E-state index < -0.39 is 0 Å². The Bertz CT molecular complexity index is 986. The third-order valence-corrected chi connectivity index (χ3v) is 6.23. The highest BCUT2D eigenvalue weighted by Gasteiger charge is 2.26. The summed E-state index contributed by atoms with van der Waals surface area (Å²) in [5.74, 6) is 0.910. The van der Waals surface area contributed by atoms with Gasteiger partial charge >= 0.3 is 0 Å². The van der Waals surface area contributed by atoms with E-state index in [-0.39, 0.29) is 11.7 Å². The Morgan fingerprint density at radius 3 is 2.80 bits per heavy atom. The van der Waals surface area contributed by atoms with E-state index in [9.17, 15) is 4.79 Å². The van der Waals surface area contributed by atoms with Crippen LogP contribution in [-0.2, 0) is 17.6 Å². The fourth-order valence-corrected chi connectivity index (χ4v) is 5.05. The summed E-state index contributed by atoms with van der Waals surface area (Å²) in [4.78, 5) is 26.3. The molecule has 1 saturated heterocycles. The molecule has 3 aromatic heterocycles. The molecule has 3 aromatic rings. The van der Waals surface area contributed by atoms with E-state index in [2.05, 4.69) is 10.1 Å². The Morgan fingerprint density at radius 2 is 1.96 bits per heavy atom. The molecule has 0 spiro atoms. The van der Waals surface area contributed by atoms with Crippen LogP contribution in [0.25, 0.3) is 15.9 Å². The lowest BCUT2D eigenvalue weighted by molar-refractivity contribution is 0.0295. The summed E-state index contributed by atoms with van der Waals surface area (Å²) < 4.78 is 7.06. The summed E-state index contributed by atoms with van der Waals surface area (Å²) in [6, 6.07) is 0. The molecule has 7 nitrogen and oxygen atoms in total. The van der Waals surface area contributed by atoms with Gasteiger partial charge in [0.2, 0.25) is 5.82 Å². The van der Waals surface area contributed by atoms with Crippen molar-refractivity contribution < 1.29 is 9.53 Å². The van der Waals surface area contributed by atoms with E-state index in [4.69, 9.17) is 9.72 Å². The summed E-state index contributed by atoms with van der Waals surface area (Å²) in [6.07, 6.45) is 4.62. The number of morpholine rings is 1. The van der Waals surface area contributed by atoms with Gasteiger partial charge in [-0.3, -0.25) is 4.79 Å². The van der Waals surface area contributed by atoms with E-state index in [1.165, 1.54) is 23.3 Å². The topological polar surface area (TPSA) is 72.6 Å². The molecule has 1 aliphatic carbocycles. The maximum Gasteiger partial charge on any atom is 0.293 e. The van der Waals surface area contributed by atoms with Crippen LogP contribution in [-0.4, -0.2) is 56.7 Å². The fourth-order valence-electron chi connectivity index (χ4n) is 3.75. The number of aromatic nitrogens is 4. The molecule has 0 aromatic carbocycles. The van der Waals surface area contributed by atoms with Crippen molar-refractivity contribution in [1.82, 2.24) is 24.5 Å². The second-order valence-corrected chi connectivity index (χ2v) is 7.71. The standard InChI is InChI=1S/C17H19N5O2S/c1-10-18-16-13(11-4-2-3-5-12(11)25-16)15-19-14(20-22(10)15)17(23)21-6-8-24-9-7-21/h2-9H2,1H3. The lowest BCUT2D eigenvalue weighted by Crippen LogP contribution is -2.41. The molecule has 2 aliphatic rings. The molecule has 0 saturated carbocycles. The van der Waals surface area contributed by atoms with E-state index in [0.717, 1.165) is 34.5 Å². The highest BCUT2D eigenvalue weighted by molar-refractivity contribution is 7.19. The molecule has 4 heterocycles. The van der Waals surface area contributed by atoms with Gasteiger partial charge in [0.25, 0.3) is 5.91 Å². The minimum Gasteiger partial charge on any atom is -0.378 e. The molecule has 0 N–H and O–H groups in total. The number of nitrogens with zero attached hydrogens (tertiary/aromatic N) is 5. The maximum atomic E-state index is 12.8. The molecule has 0 unspecified atom stereocenters. The molecule has 0 atom stereocenters. The number of carbonyl (C=O) groups excluding carboxylic acids is 1. The van der Waals surface area contributed by atoms with Gasteiger partial charge in [0.1, 0.15) is 10.7 Å². The van der Waals surface area contributed by atoms with Crippen LogP contribution < -0.4 is 0 Å². The number of fused-ring (bicyclic) bond motifs is 5. The second-order valence-electron chi connectivity index (χ2n) is 6.63. The van der Waals surface area contributed by atoms with Crippen molar-refractivity contribution in [1.29, 1.82) is 0 Å². The molecular formula is C17H19N5O2S. The zero-order chi connectivity index (χ0) is 17.0. The summed E-state index contributed by atoms with van der Waals surface area (Å²) in [5.41, 5.74) is 2.14. The first-order chi connectivity index (χ1) is 12.2. The Kier molecular flexibility index (Phi) is 3.49. The van der Waals surface area contributed by atoms with Gasteiger partial charge in [-0.2, -0.15) is 4.52 Å². The highest BCUT2D eigenvalue weighted by atomic mass is 32.1. The highest BCUT2D eigenvalue weighted by Crippen LogP contribution is 2.37. The minimum absolute atomic E-state index is 0.122. The smallest absolute Gasteiger partial charge is 0.293 e. The van der Waals surface area contributed by atoms with E-state index in [1.54, 1.807) is 20.8 Å². The number of aryl methyl sites for hydroxylation is 3. The van der Waals surface area contributed by atoms with Gasteiger partial charge in [-0.15, -0.1) is 16.4 Å². The first-order valence-electron chi connectivity index (χ1n) is 8.77. The first-order valence-corrected chi connectivity index (χ1v) is 9.58. The van der Waals surface area contributed by atoms with Crippen molar-refractivity contribution in [2.75, 3.05) is 26.3 Å². The number of amides is 1. The molecule has 5 rings (SSSR count). The Labute approximate surface area is 148 Å². The van der Waals surface area contributed by atoms with Gasteiger partial charge in [-0.25, -0.2) is 9.97 Å². The second kappa shape index (κ2) is 5.74. The molecule has 1 aliphatic heterocycles. The van der Waals surface area contributed by atoms with Crippen molar-refractivity contribution in [3.63, 3.8) is 0 Å². The monoisotopic (exact) mass is 357 g/mol.